The van der Waals surface area contributed by atoms with Crippen molar-refractivity contribution in [2.24, 2.45) is 0 Å². The van der Waals surface area contributed by atoms with Crippen LogP contribution in [0.2, 0.25) is 0 Å². The molecule has 0 saturated carbocycles. The maximum Gasteiger partial charge on any atom is 0.223 e. The first-order valence-electron chi connectivity index (χ1n) is 6.08. The number of benzene rings is 1. The van der Waals surface area contributed by atoms with Crippen molar-refractivity contribution < 1.29 is 14.6 Å². The van der Waals surface area contributed by atoms with Crippen molar-refractivity contribution in [2.75, 3.05) is 20.8 Å². The Labute approximate surface area is 119 Å². The van der Waals surface area contributed by atoms with E-state index >= 15 is 0 Å². The number of rotatable bonds is 6. The van der Waals surface area contributed by atoms with E-state index in [1.54, 1.807) is 20.4 Å². The zero-order valence-electron chi connectivity index (χ0n) is 11.4. The van der Waals surface area contributed by atoms with Crippen LogP contribution in [-0.2, 0) is 0 Å². The Balaban J connectivity index is 2.73. The molecule has 0 aliphatic heterocycles. The molecule has 3 N–H and O–H groups in total. The van der Waals surface area contributed by atoms with Gasteiger partial charge in [0.1, 0.15) is 0 Å². The molecule has 1 rings (SSSR count). The van der Waals surface area contributed by atoms with Gasteiger partial charge in [0, 0.05) is 12.6 Å². The predicted octanol–water partition coefficient (Wildman–Crippen LogP) is -0.00760. The highest BCUT2D eigenvalue weighted by Gasteiger charge is 2.05. The largest absolute Gasteiger partial charge is 0.493 e. The van der Waals surface area contributed by atoms with Gasteiger partial charge in [-0.15, -0.1) is 10.5 Å². The number of hydrogen-bond acceptors (Lipinski definition) is 3. The average molecular weight is 282 g/mol. The zero-order chi connectivity index (χ0) is 14.1. The fraction of sp³-hybridized carbons (Fsp3) is 0.385. The van der Waals surface area contributed by atoms with Crippen LogP contribution in [0.25, 0.3) is 0 Å². The number of hydrogen-bond donors (Lipinski definition) is 3. The molecule has 6 heteroatoms. The summed E-state index contributed by atoms with van der Waals surface area (Å²) in [6.45, 7) is 2.74. The van der Waals surface area contributed by atoms with Gasteiger partial charge < -0.3 is 14.8 Å². The molecule has 0 spiro atoms. The lowest BCUT2D eigenvalue weighted by molar-refractivity contribution is -0.500. The maximum absolute atomic E-state index is 5.59. The van der Waals surface area contributed by atoms with Gasteiger partial charge in [-0.2, -0.15) is 0 Å². The summed E-state index contributed by atoms with van der Waals surface area (Å²) in [5.74, 6) is 1.46. The summed E-state index contributed by atoms with van der Waals surface area (Å²) in [5.41, 5.74) is 3.76. The smallest absolute Gasteiger partial charge is 0.223 e. The molecule has 0 aromatic heterocycles. The maximum atomic E-state index is 5.59. The van der Waals surface area contributed by atoms with Crippen LogP contribution in [0, 0.1) is 0 Å². The quantitative estimate of drug-likeness (QED) is 0.389. The summed E-state index contributed by atoms with van der Waals surface area (Å²) in [5, 5.41) is 6.21. The fourth-order valence-electron chi connectivity index (χ4n) is 1.35. The number of methoxy groups -OCH3 is 1. The Kier molecular flexibility index (Phi) is 6.67. The summed E-state index contributed by atoms with van der Waals surface area (Å²) in [6, 6.07) is 5.71. The Morgan fingerprint density at radius 3 is 2.84 bits per heavy atom. The third-order valence-electron chi connectivity index (χ3n) is 2.30. The summed E-state index contributed by atoms with van der Waals surface area (Å²) >= 11 is 4.94. The third-order valence-corrected chi connectivity index (χ3v) is 2.61. The molecule has 1 aromatic carbocycles. The van der Waals surface area contributed by atoms with Crippen molar-refractivity contribution >= 4 is 23.5 Å². The first-order valence-corrected chi connectivity index (χ1v) is 6.49. The van der Waals surface area contributed by atoms with Gasteiger partial charge in [-0.1, -0.05) is 6.92 Å². The van der Waals surface area contributed by atoms with Crippen LogP contribution in [0.3, 0.4) is 0 Å². The van der Waals surface area contributed by atoms with Crippen LogP contribution in [0.5, 0.6) is 11.5 Å². The van der Waals surface area contributed by atoms with Gasteiger partial charge in [0.15, 0.2) is 17.7 Å². The van der Waals surface area contributed by atoms with E-state index < -0.39 is 0 Å². The van der Waals surface area contributed by atoms with E-state index in [4.69, 9.17) is 21.7 Å². The minimum atomic E-state index is 0.520. The Morgan fingerprint density at radius 1 is 1.42 bits per heavy atom. The fourth-order valence-corrected chi connectivity index (χ4v) is 1.41. The molecule has 5 nitrogen and oxygen atoms in total. The second-order valence-electron chi connectivity index (χ2n) is 3.75. The minimum absolute atomic E-state index is 0.520. The van der Waals surface area contributed by atoms with Crippen molar-refractivity contribution in [3.8, 4) is 11.5 Å². The van der Waals surface area contributed by atoms with Crippen molar-refractivity contribution in [3.63, 3.8) is 0 Å². The highest BCUT2D eigenvalue weighted by atomic mass is 32.1. The number of hydrazone groups is 1. The summed E-state index contributed by atoms with van der Waals surface area (Å²) in [6.07, 6.45) is 2.75. The second-order valence-corrected chi connectivity index (χ2v) is 4.16. The summed E-state index contributed by atoms with van der Waals surface area (Å²) in [4.78, 5) is 0. The Bertz CT molecular complexity index is 450. The third kappa shape index (κ3) is 5.13. The first-order chi connectivity index (χ1) is 9.21. The summed E-state index contributed by atoms with van der Waals surface area (Å²) < 4.78 is 10.9. The Hall–Kier alpha value is -1.82. The van der Waals surface area contributed by atoms with Crippen molar-refractivity contribution in [3.05, 3.63) is 23.8 Å². The van der Waals surface area contributed by atoms with Crippen LogP contribution < -0.4 is 25.3 Å². The van der Waals surface area contributed by atoms with E-state index in [2.05, 4.69) is 22.8 Å². The van der Waals surface area contributed by atoms with E-state index in [1.807, 2.05) is 18.2 Å². The number of ether oxygens (including phenoxy) is 2. The molecule has 0 saturated heterocycles. The molecular formula is C13H20N3O2S+. The Morgan fingerprint density at radius 2 is 2.21 bits per heavy atom. The lowest BCUT2D eigenvalue weighted by Crippen LogP contribution is -2.82. The lowest BCUT2D eigenvalue weighted by atomic mass is 10.2. The molecule has 0 aliphatic carbocycles. The van der Waals surface area contributed by atoms with Crippen LogP contribution >= 0.6 is 12.2 Å². The second kappa shape index (κ2) is 8.31. The number of hydrazine groups is 1. The van der Waals surface area contributed by atoms with Crippen molar-refractivity contribution in [1.29, 1.82) is 0 Å². The minimum Gasteiger partial charge on any atom is -0.493 e. The van der Waals surface area contributed by atoms with Gasteiger partial charge in [-0.3, -0.25) is 0 Å². The highest BCUT2D eigenvalue weighted by Crippen LogP contribution is 2.27. The molecule has 0 bridgehead atoms. The van der Waals surface area contributed by atoms with Crippen LogP contribution in [0.1, 0.15) is 18.9 Å². The molecular weight excluding hydrogens is 262 g/mol. The topological polar surface area (TPSA) is 56.5 Å². The van der Waals surface area contributed by atoms with Crippen LogP contribution in [0.4, 0.5) is 0 Å². The van der Waals surface area contributed by atoms with Gasteiger partial charge in [-0.05, 0) is 36.8 Å². The van der Waals surface area contributed by atoms with E-state index in [1.165, 1.54) is 0 Å². The predicted molar refractivity (Wildman–Crippen MR) is 79.7 cm³/mol. The van der Waals surface area contributed by atoms with Gasteiger partial charge in [0.2, 0.25) is 5.11 Å². The van der Waals surface area contributed by atoms with E-state index in [9.17, 15) is 0 Å². The van der Waals surface area contributed by atoms with E-state index in [-0.39, 0.29) is 0 Å². The SMILES string of the molecule is CCCOc1ccc(C=[NH+]NC(=S)NC)cc1OC. The first kappa shape index (κ1) is 15.2. The molecule has 19 heavy (non-hydrogen) atoms. The average Bonchev–Trinajstić information content (AvgIpc) is 2.45. The molecule has 0 fully saturated rings. The zero-order valence-corrected chi connectivity index (χ0v) is 12.3. The van der Waals surface area contributed by atoms with Gasteiger partial charge in [-0.25, -0.2) is 0 Å². The molecule has 0 atom stereocenters. The highest BCUT2D eigenvalue weighted by molar-refractivity contribution is 7.80. The number of nitrogens with one attached hydrogen (secondary N) is 3. The monoisotopic (exact) mass is 282 g/mol. The molecule has 0 heterocycles. The van der Waals surface area contributed by atoms with Crippen LogP contribution in [0.15, 0.2) is 18.2 Å². The number of thiocarbonyl (C=S) groups is 1. The summed E-state index contributed by atoms with van der Waals surface area (Å²) in [7, 11) is 3.37. The lowest BCUT2D eigenvalue weighted by Gasteiger charge is -2.09. The van der Waals surface area contributed by atoms with Gasteiger partial charge >= 0.3 is 0 Å². The molecule has 0 aliphatic rings. The molecule has 1 aromatic rings. The standard InChI is InChI=1S/C13H19N3O2S/c1-4-7-18-11-6-5-10(8-12(11)17-3)9-15-16-13(19)14-2/h5-6,8-9H,4,7H2,1-3H3,(H2,14,16,19)/p+1. The van der Waals surface area contributed by atoms with Crippen molar-refractivity contribution in [2.45, 2.75) is 13.3 Å². The molecule has 0 unspecified atom stereocenters. The molecule has 0 radical (unpaired) electrons. The van der Waals surface area contributed by atoms with Gasteiger partial charge in [0.25, 0.3) is 0 Å². The normalized spacial score (nSPS) is 10.3. The van der Waals surface area contributed by atoms with E-state index in [0.717, 1.165) is 17.7 Å². The van der Waals surface area contributed by atoms with E-state index in [0.29, 0.717) is 17.5 Å². The van der Waals surface area contributed by atoms with Crippen LogP contribution in [-0.4, -0.2) is 32.1 Å². The van der Waals surface area contributed by atoms with Crippen molar-refractivity contribution in [1.82, 2.24) is 10.7 Å². The van der Waals surface area contributed by atoms with Gasteiger partial charge in [0.05, 0.1) is 13.7 Å². The molecule has 104 valence electrons. The molecule has 0 amide bonds.